The Morgan fingerprint density at radius 3 is 1.79 bits per heavy atom. The predicted molar refractivity (Wildman–Crippen MR) is 183 cm³/mol. The van der Waals surface area contributed by atoms with Crippen molar-refractivity contribution >= 4 is 53.1 Å². The number of hydrogen-bond donors (Lipinski definition) is 0. The van der Waals surface area contributed by atoms with Gasteiger partial charge in [-0.1, -0.05) is 141 Å². The standard InChI is InChI=1S/C41H28S/c1-41(2)33-19-11-9-17-27(33)29-21-23-31-36(26-15-7-4-8-16-26)38-32(35(37(31)39(29)41)25-13-5-3-6-14-25)24-22-30-28-18-10-12-20-34(28)42-40(30)38/h3-24H,1-2H3. The fraction of sp³-hybridized carbons (Fsp3) is 0.0732. The summed E-state index contributed by atoms with van der Waals surface area (Å²) in [6, 6.07) is 49.5. The SMILES string of the molecule is CC1(C)c2ccccc2-c2ccc3c(-c4ccccc4)c4c(ccc5c6ccccc6sc54)c(-c4ccccc4)c3c21. The third-order valence-corrected chi connectivity index (χ3v) is 10.6. The fourth-order valence-electron chi connectivity index (χ4n) is 7.67. The first-order chi connectivity index (χ1) is 20.6. The summed E-state index contributed by atoms with van der Waals surface area (Å²) in [5, 5.41) is 8.08. The van der Waals surface area contributed by atoms with E-state index >= 15 is 0 Å². The Bertz CT molecular complexity index is 2360. The summed E-state index contributed by atoms with van der Waals surface area (Å²) in [4.78, 5) is 0. The van der Waals surface area contributed by atoms with Crippen LogP contribution in [-0.2, 0) is 5.41 Å². The van der Waals surface area contributed by atoms with Crippen molar-refractivity contribution in [3.05, 3.63) is 145 Å². The monoisotopic (exact) mass is 552 g/mol. The molecule has 0 unspecified atom stereocenters. The Labute approximate surface area is 249 Å². The van der Waals surface area contributed by atoms with Crippen LogP contribution >= 0.6 is 11.3 Å². The zero-order chi connectivity index (χ0) is 28.0. The minimum absolute atomic E-state index is 0.127. The van der Waals surface area contributed by atoms with Gasteiger partial charge in [-0.05, 0) is 66.7 Å². The largest absolute Gasteiger partial charge is 0.135 e. The van der Waals surface area contributed by atoms with E-state index < -0.39 is 0 Å². The van der Waals surface area contributed by atoms with Gasteiger partial charge in [-0.25, -0.2) is 0 Å². The van der Waals surface area contributed by atoms with E-state index in [4.69, 9.17) is 0 Å². The number of rotatable bonds is 2. The lowest BCUT2D eigenvalue weighted by Crippen LogP contribution is -2.16. The van der Waals surface area contributed by atoms with Crippen molar-refractivity contribution in [2.75, 3.05) is 0 Å². The molecular weight excluding hydrogens is 525 g/mol. The van der Waals surface area contributed by atoms with Crippen molar-refractivity contribution in [1.82, 2.24) is 0 Å². The van der Waals surface area contributed by atoms with Gasteiger partial charge in [-0.3, -0.25) is 0 Å². The molecule has 198 valence electrons. The molecule has 9 rings (SSSR count). The molecule has 1 aliphatic carbocycles. The first kappa shape index (κ1) is 23.9. The molecule has 0 N–H and O–H groups in total. The van der Waals surface area contributed by atoms with Crippen molar-refractivity contribution in [2.45, 2.75) is 19.3 Å². The van der Waals surface area contributed by atoms with Crippen LogP contribution < -0.4 is 0 Å². The van der Waals surface area contributed by atoms with E-state index in [2.05, 4.69) is 147 Å². The van der Waals surface area contributed by atoms with Crippen LogP contribution in [0.15, 0.2) is 133 Å². The normalized spacial score (nSPS) is 13.7. The third kappa shape index (κ3) is 3.12. The van der Waals surface area contributed by atoms with Crippen LogP contribution in [0, 0.1) is 0 Å². The van der Waals surface area contributed by atoms with Crippen molar-refractivity contribution < 1.29 is 0 Å². The summed E-state index contributed by atoms with van der Waals surface area (Å²) >= 11 is 1.93. The minimum Gasteiger partial charge on any atom is -0.135 e. The molecule has 8 aromatic rings. The summed E-state index contributed by atoms with van der Waals surface area (Å²) in [7, 11) is 0. The smallest absolute Gasteiger partial charge is 0.0440 e. The summed E-state index contributed by atoms with van der Waals surface area (Å²) in [6.45, 7) is 4.82. The molecule has 1 heterocycles. The van der Waals surface area contributed by atoms with Gasteiger partial charge >= 0.3 is 0 Å². The van der Waals surface area contributed by atoms with Crippen molar-refractivity contribution in [3.8, 4) is 33.4 Å². The van der Waals surface area contributed by atoms with E-state index in [-0.39, 0.29) is 5.41 Å². The molecule has 0 radical (unpaired) electrons. The van der Waals surface area contributed by atoms with Gasteiger partial charge in [0.05, 0.1) is 0 Å². The minimum atomic E-state index is -0.127. The average molecular weight is 553 g/mol. The second-order valence-corrected chi connectivity index (χ2v) is 13.1. The molecule has 0 saturated carbocycles. The van der Waals surface area contributed by atoms with Gasteiger partial charge in [0.1, 0.15) is 0 Å². The van der Waals surface area contributed by atoms with Crippen LogP contribution in [0.3, 0.4) is 0 Å². The van der Waals surface area contributed by atoms with Crippen molar-refractivity contribution in [2.24, 2.45) is 0 Å². The molecule has 0 saturated heterocycles. The maximum Gasteiger partial charge on any atom is 0.0440 e. The van der Waals surface area contributed by atoms with Gasteiger partial charge in [-0.2, -0.15) is 0 Å². The highest BCUT2D eigenvalue weighted by Gasteiger charge is 2.38. The summed E-state index contributed by atoms with van der Waals surface area (Å²) in [5.74, 6) is 0. The first-order valence-corrected chi connectivity index (χ1v) is 15.5. The predicted octanol–water partition coefficient (Wildman–Crippen LogP) is 12.0. The van der Waals surface area contributed by atoms with Gasteiger partial charge in [-0.15, -0.1) is 11.3 Å². The maximum atomic E-state index is 2.41. The van der Waals surface area contributed by atoms with E-state index in [0.717, 1.165) is 0 Å². The van der Waals surface area contributed by atoms with E-state index in [0.29, 0.717) is 0 Å². The van der Waals surface area contributed by atoms with Crippen LogP contribution in [0.2, 0.25) is 0 Å². The van der Waals surface area contributed by atoms with Gasteiger partial charge in [0.25, 0.3) is 0 Å². The van der Waals surface area contributed by atoms with Gasteiger partial charge in [0, 0.05) is 31.0 Å². The molecule has 0 aliphatic heterocycles. The molecule has 42 heavy (non-hydrogen) atoms. The summed E-state index contributed by atoms with van der Waals surface area (Å²) < 4.78 is 2.71. The topological polar surface area (TPSA) is 0 Å². The van der Waals surface area contributed by atoms with E-state index in [9.17, 15) is 0 Å². The number of benzene rings is 7. The zero-order valence-corrected chi connectivity index (χ0v) is 24.4. The molecule has 0 bridgehead atoms. The highest BCUT2D eigenvalue weighted by molar-refractivity contribution is 7.26. The quantitative estimate of drug-likeness (QED) is 0.187. The Kier molecular flexibility index (Phi) is 4.93. The van der Waals surface area contributed by atoms with Crippen LogP contribution in [-0.4, -0.2) is 0 Å². The van der Waals surface area contributed by atoms with E-state index in [1.54, 1.807) is 0 Å². The molecule has 0 fully saturated rings. The van der Waals surface area contributed by atoms with Crippen LogP contribution in [0.4, 0.5) is 0 Å². The highest BCUT2D eigenvalue weighted by Crippen LogP contribution is 2.56. The molecule has 0 nitrogen and oxygen atoms in total. The molecule has 1 heteroatoms. The third-order valence-electron chi connectivity index (χ3n) is 9.43. The number of thiophene rings is 1. The van der Waals surface area contributed by atoms with Crippen molar-refractivity contribution in [3.63, 3.8) is 0 Å². The number of fused-ring (bicyclic) bond motifs is 10. The van der Waals surface area contributed by atoms with Gasteiger partial charge < -0.3 is 0 Å². The Hall–Kier alpha value is -4.72. The van der Waals surface area contributed by atoms with Crippen LogP contribution in [0.5, 0.6) is 0 Å². The second-order valence-electron chi connectivity index (χ2n) is 12.0. The molecule has 1 aliphatic rings. The van der Waals surface area contributed by atoms with Crippen LogP contribution in [0.25, 0.3) is 75.1 Å². The molecular formula is C41H28S. The maximum absolute atomic E-state index is 2.41. The zero-order valence-electron chi connectivity index (χ0n) is 23.6. The van der Waals surface area contributed by atoms with Crippen LogP contribution in [0.1, 0.15) is 25.0 Å². The highest BCUT2D eigenvalue weighted by atomic mass is 32.1. The molecule has 0 atom stereocenters. The Morgan fingerprint density at radius 1 is 0.452 bits per heavy atom. The Balaban J connectivity index is 1.59. The lowest BCUT2D eigenvalue weighted by molar-refractivity contribution is 0.666. The molecule has 1 aromatic heterocycles. The molecule has 0 spiro atoms. The molecule has 7 aromatic carbocycles. The molecule has 0 amide bonds. The Morgan fingerprint density at radius 2 is 1.02 bits per heavy atom. The number of hydrogen-bond acceptors (Lipinski definition) is 1. The fourth-order valence-corrected chi connectivity index (χ4v) is 8.92. The van der Waals surface area contributed by atoms with E-state index in [1.165, 1.54) is 86.2 Å². The lowest BCUT2D eigenvalue weighted by Gasteiger charge is -2.27. The summed E-state index contributed by atoms with van der Waals surface area (Å²) in [6.07, 6.45) is 0. The average Bonchev–Trinajstić information content (AvgIpc) is 3.53. The van der Waals surface area contributed by atoms with Gasteiger partial charge in [0.2, 0.25) is 0 Å². The summed E-state index contributed by atoms with van der Waals surface area (Å²) in [5.41, 5.74) is 10.7. The van der Waals surface area contributed by atoms with Crippen molar-refractivity contribution in [1.29, 1.82) is 0 Å². The second kappa shape index (κ2) is 8.64. The van der Waals surface area contributed by atoms with Gasteiger partial charge in [0.15, 0.2) is 0 Å². The first-order valence-electron chi connectivity index (χ1n) is 14.7. The lowest BCUT2D eigenvalue weighted by atomic mass is 9.76. The van der Waals surface area contributed by atoms with E-state index in [1.807, 2.05) is 11.3 Å².